The van der Waals surface area contributed by atoms with Crippen LogP contribution in [0.25, 0.3) is 33.1 Å². The van der Waals surface area contributed by atoms with E-state index in [1.807, 2.05) is 0 Å². The highest BCUT2D eigenvalue weighted by atomic mass is 15.2. The van der Waals surface area contributed by atoms with Gasteiger partial charge in [-0.1, -0.05) is 103 Å². The van der Waals surface area contributed by atoms with Crippen LogP contribution in [0.15, 0.2) is 173 Å². The van der Waals surface area contributed by atoms with Crippen LogP contribution in [-0.4, -0.2) is 10.6 Å². The summed E-state index contributed by atoms with van der Waals surface area (Å²) in [5, 5.41) is 2.72. The van der Waals surface area contributed by atoms with Crippen molar-refractivity contribution in [2.45, 2.75) is 82.6 Å². The molecule has 1 aliphatic heterocycles. The smallest absolute Gasteiger partial charge is 0.0538 e. The molecule has 6 aliphatic carbocycles. The third-order valence-electron chi connectivity index (χ3n) is 13.6. The van der Waals surface area contributed by atoms with E-state index in [4.69, 9.17) is 0 Å². The van der Waals surface area contributed by atoms with Crippen molar-refractivity contribution in [1.29, 1.82) is 0 Å². The molecule has 0 amide bonds. The minimum atomic E-state index is 0.488. The lowest BCUT2D eigenvalue weighted by molar-refractivity contribution is 0.502. The molecule has 0 N–H and O–H groups in total. The number of hydrogen-bond acceptors (Lipinski definition) is 1. The number of para-hydroxylation sites is 2. The van der Waals surface area contributed by atoms with Crippen molar-refractivity contribution in [3.05, 3.63) is 184 Å². The van der Waals surface area contributed by atoms with E-state index in [1.54, 1.807) is 0 Å². The van der Waals surface area contributed by atoms with Crippen molar-refractivity contribution in [3.63, 3.8) is 0 Å². The summed E-state index contributed by atoms with van der Waals surface area (Å²) in [6.45, 7) is 0. The predicted octanol–water partition coefficient (Wildman–Crippen LogP) is 13.6. The SMILES string of the molecule is C1=CCCC(C2=CC=C(C3=CC=C(n4c5ccccc5c5cc(C6=CCC7C(C6)c6ccccc6N7C6=CC=C7C=CCCC7C6)ccc54)CC3)CC2)=C1. The van der Waals surface area contributed by atoms with E-state index in [0.717, 1.165) is 44.9 Å². The molecule has 3 atom stereocenters. The highest BCUT2D eigenvalue weighted by molar-refractivity contribution is 6.11. The summed E-state index contributed by atoms with van der Waals surface area (Å²) in [7, 11) is 0. The molecular formula is C52H48N2. The molecule has 266 valence electrons. The second-order valence-electron chi connectivity index (χ2n) is 16.5. The van der Waals surface area contributed by atoms with Crippen molar-refractivity contribution < 1.29 is 0 Å². The molecule has 1 aromatic heterocycles. The Bertz CT molecular complexity index is 2540. The van der Waals surface area contributed by atoms with Gasteiger partial charge >= 0.3 is 0 Å². The topological polar surface area (TPSA) is 8.17 Å². The normalized spacial score (nSPS) is 24.7. The fraction of sp³-hybridized carbons (Fsp3) is 0.269. The second kappa shape index (κ2) is 13.2. The average Bonchev–Trinajstić information content (AvgIpc) is 3.76. The van der Waals surface area contributed by atoms with Gasteiger partial charge < -0.3 is 9.47 Å². The van der Waals surface area contributed by atoms with Gasteiger partial charge in [-0.25, -0.2) is 0 Å². The van der Waals surface area contributed by atoms with Crippen molar-refractivity contribution in [1.82, 2.24) is 4.57 Å². The fourth-order valence-electron chi connectivity index (χ4n) is 10.8. The van der Waals surface area contributed by atoms with Gasteiger partial charge in [0.25, 0.3) is 0 Å². The number of aromatic nitrogens is 1. The van der Waals surface area contributed by atoms with Gasteiger partial charge in [0.1, 0.15) is 0 Å². The third kappa shape index (κ3) is 5.36. The van der Waals surface area contributed by atoms with Gasteiger partial charge in [-0.15, -0.1) is 0 Å². The average molecular weight is 701 g/mol. The zero-order valence-electron chi connectivity index (χ0n) is 31.2. The molecule has 7 aliphatic rings. The summed E-state index contributed by atoms with van der Waals surface area (Å²) < 4.78 is 2.55. The van der Waals surface area contributed by atoms with Crippen molar-refractivity contribution in [3.8, 4) is 0 Å². The maximum absolute atomic E-state index is 2.74. The van der Waals surface area contributed by atoms with Crippen molar-refractivity contribution >= 4 is 38.8 Å². The van der Waals surface area contributed by atoms with Gasteiger partial charge in [-0.2, -0.15) is 0 Å². The number of anilines is 1. The van der Waals surface area contributed by atoms with Crippen LogP contribution in [0.5, 0.6) is 0 Å². The highest BCUT2D eigenvalue weighted by Gasteiger charge is 2.42. The van der Waals surface area contributed by atoms with Crippen LogP contribution in [0.2, 0.25) is 0 Å². The molecular weight excluding hydrogens is 653 g/mol. The van der Waals surface area contributed by atoms with Crippen LogP contribution < -0.4 is 4.90 Å². The number of benzene rings is 3. The van der Waals surface area contributed by atoms with E-state index in [2.05, 4.69) is 149 Å². The predicted molar refractivity (Wildman–Crippen MR) is 228 cm³/mol. The first-order chi connectivity index (χ1) is 26.8. The van der Waals surface area contributed by atoms with E-state index in [-0.39, 0.29) is 0 Å². The van der Waals surface area contributed by atoms with Gasteiger partial charge in [-0.3, -0.25) is 0 Å². The molecule has 2 heteroatoms. The molecule has 0 saturated heterocycles. The Kier molecular flexibility index (Phi) is 7.85. The fourth-order valence-corrected chi connectivity index (χ4v) is 10.8. The molecule has 3 aromatic carbocycles. The van der Waals surface area contributed by atoms with E-state index in [0.29, 0.717) is 17.9 Å². The largest absolute Gasteiger partial charge is 0.341 e. The molecule has 4 aromatic rings. The van der Waals surface area contributed by atoms with Gasteiger partial charge in [-0.05, 0) is 158 Å². The zero-order chi connectivity index (χ0) is 35.6. The molecule has 2 heterocycles. The minimum absolute atomic E-state index is 0.488. The molecule has 0 radical (unpaired) electrons. The highest BCUT2D eigenvalue weighted by Crippen LogP contribution is 2.52. The van der Waals surface area contributed by atoms with Crippen LogP contribution in [0.3, 0.4) is 0 Å². The van der Waals surface area contributed by atoms with E-state index < -0.39 is 0 Å². The summed E-state index contributed by atoms with van der Waals surface area (Å²) in [6, 6.07) is 26.1. The Hall–Kier alpha value is -5.34. The molecule has 0 saturated carbocycles. The van der Waals surface area contributed by atoms with E-state index in [9.17, 15) is 0 Å². The molecule has 3 unspecified atom stereocenters. The lowest BCUT2D eigenvalue weighted by atomic mass is 9.79. The van der Waals surface area contributed by atoms with Crippen molar-refractivity contribution in [2.24, 2.45) is 5.92 Å². The summed E-state index contributed by atoms with van der Waals surface area (Å²) >= 11 is 0. The van der Waals surface area contributed by atoms with Gasteiger partial charge in [0.2, 0.25) is 0 Å². The lowest BCUT2D eigenvalue weighted by Gasteiger charge is -2.37. The second-order valence-corrected chi connectivity index (χ2v) is 16.5. The number of hydrogen-bond donors (Lipinski definition) is 0. The van der Waals surface area contributed by atoms with Crippen LogP contribution in [0.4, 0.5) is 5.69 Å². The maximum atomic E-state index is 2.74. The van der Waals surface area contributed by atoms with Gasteiger partial charge in [0, 0.05) is 39.8 Å². The molecule has 54 heavy (non-hydrogen) atoms. The molecule has 0 bridgehead atoms. The summed E-state index contributed by atoms with van der Waals surface area (Å²) in [4.78, 5) is 2.74. The van der Waals surface area contributed by atoms with E-state index in [1.165, 1.54) is 109 Å². The minimum Gasteiger partial charge on any atom is -0.341 e. The Balaban J connectivity index is 0.902. The van der Waals surface area contributed by atoms with Crippen molar-refractivity contribution in [2.75, 3.05) is 4.90 Å². The monoisotopic (exact) mass is 700 g/mol. The molecule has 0 fully saturated rings. The van der Waals surface area contributed by atoms with Gasteiger partial charge in [0.15, 0.2) is 0 Å². The van der Waals surface area contributed by atoms with Crippen LogP contribution in [0, 0.1) is 5.92 Å². The van der Waals surface area contributed by atoms with Gasteiger partial charge in [0.05, 0.1) is 11.0 Å². The third-order valence-corrected chi connectivity index (χ3v) is 13.6. The first-order valence-corrected chi connectivity index (χ1v) is 20.6. The van der Waals surface area contributed by atoms with Crippen LogP contribution in [-0.2, 0) is 0 Å². The molecule has 0 spiro atoms. The number of allylic oxidation sites excluding steroid dienone is 19. The first-order valence-electron chi connectivity index (χ1n) is 20.6. The number of nitrogens with zero attached hydrogens (tertiary/aromatic N) is 2. The first kappa shape index (κ1) is 32.1. The van der Waals surface area contributed by atoms with E-state index >= 15 is 0 Å². The number of rotatable bonds is 5. The molecule has 2 nitrogen and oxygen atoms in total. The Morgan fingerprint density at radius 2 is 1.35 bits per heavy atom. The summed E-state index contributed by atoms with van der Waals surface area (Å²) in [5.41, 5.74) is 19.0. The van der Waals surface area contributed by atoms with Crippen LogP contribution >= 0.6 is 0 Å². The van der Waals surface area contributed by atoms with Crippen LogP contribution in [0.1, 0.15) is 87.7 Å². The Morgan fingerprint density at radius 1 is 0.574 bits per heavy atom. The molecule has 11 rings (SSSR count). The standard InChI is InChI=1S/C52H48N2/c1-2-10-35(11-3-1)37-18-20-38(21-19-37)39-22-27-43(28-23-39)53-49-16-8-6-14-45(49)47-33-41(25-30-51(47)53)42-26-31-52-48(34-42)46-15-7-9-17-50(46)54(52)44-29-24-36-12-4-5-13-40(36)32-44/h1-2,4,6-10,12,14-18,20,22,24-27,29-30,33,40,48,52H,3,5,11,13,19,21,23,28,31-32,34H2. The zero-order valence-corrected chi connectivity index (χ0v) is 31.2. The summed E-state index contributed by atoms with van der Waals surface area (Å²) in [5.74, 6) is 1.17. The Morgan fingerprint density at radius 3 is 2.19 bits per heavy atom. The maximum Gasteiger partial charge on any atom is 0.0538 e. The lowest BCUT2D eigenvalue weighted by Crippen LogP contribution is -2.36. The number of fused-ring (bicyclic) bond motifs is 7. The quantitative estimate of drug-likeness (QED) is 0.201. The summed E-state index contributed by atoms with van der Waals surface area (Å²) in [6.07, 6.45) is 41.2. The Labute approximate surface area is 320 Å².